The monoisotopic (exact) mass is 311 g/mol. The van der Waals surface area contributed by atoms with Crippen molar-refractivity contribution in [1.29, 1.82) is 0 Å². The van der Waals surface area contributed by atoms with E-state index < -0.39 is 5.54 Å². The fourth-order valence-electron chi connectivity index (χ4n) is 3.68. The van der Waals surface area contributed by atoms with Gasteiger partial charge in [0.2, 0.25) is 0 Å². The largest absolute Gasteiger partial charge is 0.458 e. The molecule has 0 aliphatic heterocycles. The lowest BCUT2D eigenvalue weighted by Gasteiger charge is -2.43. The molecule has 22 heavy (non-hydrogen) atoms. The number of ether oxygens (including phenoxy) is 1. The van der Waals surface area contributed by atoms with Gasteiger partial charge in [-0.25, -0.2) is 0 Å². The molecule has 0 spiro atoms. The molecule has 0 bridgehead atoms. The third-order valence-electron chi connectivity index (χ3n) is 5.25. The highest BCUT2D eigenvalue weighted by atomic mass is 16.6. The lowest BCUT2D eigenvalue weighted by atomic mass is 9.77. The van der Waals surface area contributed by atoms with Gasteiger partial charge in [-0.15, -0.1) is 0 Å². The minimum absolute atomic E-state index is 0.0764. The van der Waals surface area contributed by atoms with Crippen LogP contribution in [0.2, 0.25) is 0 Å². The molecule has 130 valence electrons. The Balaban J connectivity index is 2.86. The lowest BCUT2D eigenvalue weighted by Crippen LogP contribution is -2.54. The highest BCUT2D eigenvalue weighted by Gasteiger charge is 2.44. The minimum atomic E-state index is -0.579. The molecule has 0 N–H and O–H groups in total. The summed E-state index contributed by atoms with van der Waals surface area (Å²) in [5.41, 5.74) is -0.871. The molecule has 0 saturated heterocycles. The molecule has 0 amide bonds. The lowest BCUT2D eigenvalue weighted by molar-refractivity contribution is -0.177. The molecule has 1 fully saturated rings. The van der Waals surface area contributed by atoms with Crippen LogP contribution in [0.15, 0.2) is 0 Å². The second-order valence-electron chi connectivity index (χ2n) is 9.23. The Bertz CT molecular complexity index is 375. The van der Waals surface area contributed by atoms with E-state index in [1.54, 1.807) is 0 Å². The predicted molar refractivity (Wildman–Crippen MR) is 92.9 cm³/mol. The highest BCUT2D eigenvalue weighted by Crippen LogP contribution is 2.37. The first-order valence-corrected chi connectivity index (χ1v) is 8.79. The summed E-state index contributed by atoms with van der Waals surface area (Å²) in [7, 11) is 3.95. The average Bonchev–Trinajstić information content (AvgIpc) is 2.37. The zero-order valence-corrected chi connectivity index (χ0v) is 16.1. The predicted octanol–water partition coefficient (Wildman–Crippen LogP) is 4.65. The van der Waals surface area contributed by atoms with Gasteiger partial charge in [-0.2, -0.15) is 0 Å². The number of esters is 1. The van der Waals surface area contributed by atoms with Gasteiger partial charge in [-0.3, -0.25) is 9.69 Å². The molecular weight excluding hydrogens is 274 g/mol. The molecular formula is C19H37NO2. The SMILES string of the molecule is CN(C)C(C)(CC(C)(C)C)C(=O)OC(C)(C)C1CCCCC1. The van der Waals surface area contributed by atoms with Gasteiger partial charge in [0.05, 0.1) is 0 Å². The summed E-state index contributed by atoms with van der Waals surface area (Å²) in [6, 6.07) is 0. The molecule has 0 aromatic carbocycles. The summed E-state index contributed by atoms with van der Waals surface area (Å²) in [5.74, 6) is 0.411. The van der Waals surface area contributed by atoms with Crippen molar-refractivity contribution in [1.82, 2.24) is 4.90 Å². The Hall–Kier alpha value is -0.570. The molecule has 0 radical (unpaired) electrons. The highest BCUT2D eigenvalue weighted by molar-refractivity contribution is 5.80. The topological polar surface area (TPSA) is 29.5 Å². The van der Waals surface area contributed by atoms with Crippen LogP contribution < -0.4 is 0 Å². The van der Waals surface area contributed by atoms with E-state index in [2.05, 4.69) is 34.6 Å². The molecule has 3 heteroatoms. The van der Waals surface area contributed by atoms with Crippen LogP contribution in [0.25, 0.3) is 0 Å². The second-order valence-corrected chi connectivity index (χ2v) is 9.23. The van der Waals surface area contributed by atoms with E-state index in [0.29, 0.717) is 5.92 Å². The van der Waals surface area contributed by atoms with Crippen LogP contribution in [-0.2, 0) is 9.53 Å². The molecule has 1 aliphatic carbocycles. The maximum atomic E-state index is 13.0. The molecule has 0 aromatic rings. The van der Waals surface area contributed by atoms with E-state index in [1.807, 2.05) is 25.9 Å². The number of hydrogen-bond donors (Lipinski definition) is 0. The third kappa shape index (κ3) is 4.97. The second kappa shape index (κ2) is 6.90. The first-order chi connectivity index (χ1) is 9.88. The Morgan fingerprint density at radius 3 is 1.91 bits per heavy atom. The van der Waals surface area contributed by atoms with Crippen LogP contribution in [0.5, 0.6) is 0 Å². The van der Waals surface area contributed by atoms with Crippen LogP contribution in [0, 0.1) is 11.3 Å². The van der Waals surface area contributed by atoms with Crippen molar-refractivity contribution in [2.75, 3.05) is 14.1 Å². The van der Waals surface area contributed by atoms with E-state index >= 15 is 0 Å². The van der Waals surface area contributed by atoms with Gasteiger partial charge >= 0.3 is 5.97 Å². The molecule has 1 aliphatic rings. The van der Waals surface area contributed by atoms with Gasteiger partial charge in [0.15, 0.2) is 0 Å². The fraction of sp³-hybridized carbons (Fsp3) is 0.947. The van der Waals surface area contributed by atoms with Crippen LogP contribution >= 0.6 is 0 Å². The van der Waals surface area contributed by atoms with E-state index in [-0.39, 0.29) is 17.0 Å². The number of carbonyl (C=O) groups excluding carboxylic acids is 1. The van der Waals surface area contributed by atoms with Crippen molar-refractivity contribution >= 4 is 5.97 Å². The van der Waals surface area contributed by atoms with E-state index in [0.717, 1.165) is 6.42 Å². The van der Waals surface area contributed by atoms with Crippen LogP contribution in [0.1, 0.15) is 80.1 Å². The van der Waals surface area contributed by atoms with Crippen molar-refractivity contribution in [2.45, 2.75) is 91.2 Å². The van der Waals surface area contributed by atoms with Gasteiger partial charge in [-0.1, -0.05) is 40.0 Å². The Labute approximate surface area is 137 Å². The van der Waals surface area contributed by atoms with Crippen molar-refractivity contribution in [3.8, 4) is 0 Å². The van der Waals surface area contributed by atoms with Crippen molar-refractivity contribution < 1.29 is 9.53 Å². The number of rotatable bonds is 5. The molecule has 1 atom stereocenters. The van der Waals surface area contributed by atoms with E-state index in [4.69, 9.17) is 4.74 Å². The molecule has 1 unspecified atom stereocenters. The van der Waals surface area contributed by atoms with Gasteiger partial charge in [0.25, 0.3) is 0 Å². The third-order valence-corrected chi connectivity index (χ3v) is 5.25. The van der Waals surface area contributed by atoms with Crippen molar-refractivity contribution in [3.63, 3.8) is 0 Å². The maximum absolute atomic E-state index is 13.0. The summed E-state index contributed by atoms with van der Waals surface area (Å²) in [5, 5.41) is 0. The van der Waals surface area contributed by atoms with Crippen LogP contribution in [0.4, 0.5) is 0 Å². The molecule has 0 aromatic heterocycles. The Kier molecular flexibility index (Phi) is 6.11. The smallest absolute Gasteiger partial charge is 0.326 e. The van der Waals surface area contributed by atoms with Gasteiger partial charge in [-0.05, 0) is 65.5 Å². The summed E-state index contributed by atoms with van der Waals surface area (Å²) in [6.07, 6.45) is 6.99. The average molecular weight is 312 g/mol. The standard InChI is InChI=1S/C19H37NO2/c1-17(2,3)14-19(6,20(7)8)16(21)22-18(4,5)15-12-10-9-11-13-15/h15H,9-14H2,1-8H3. The van der Waals surface area contributed by atoms with Crippen molar-refractivity contribution in [2.24, 2.45) is 11.3 Å². The fourth-order valence-corrected chi connectivity index (χ4v) is 3.68. The van der Waals surface area contributed by atoms with Gasteiger partial charge < -0.3 is 4.74 Å². The Morgan fingerprint density at radius 2 is 1.50 bits per heavy atom. The molecule has 0 heterocycles. The quantitative estimate of drug-likeness (QED) is 0.692. The summed E-state index contributed by atoms with van der Waals surface area (Å²) in [4.78, 5) is 15.0. The normalized spacial score (nSPS) is 20.8. The molecule has 3 nitrogen and oxygen atoms in total. The number of hydrogen-bond acceptors (Lipinski definition) is 3. The summed E-state index contributed by atoms with van der Waals surface area (Å²) < 4.78 is 6.07. The van der Waals surface area contributed by atoms with E-state index in [1.165, 1.54) is 32.1 Å². The zero-order valence-electron chi connectivity index (χ0n) is 16.1. The first kappa shape index (κ1) is 19.5. The zero-order chi connectivity index (χ0) is 17.2. The first-order valence-electron chi connectivity index (χ1n) is 8.79. The summed E-state index contributed by atoms with van der Waals surface area (Å²) in [6.45, 7) is 12.7. The Morgan fingerprint density at radius 1 is 1.00 bits per heavy atom. The number of carbonyl (C=O) groups is 1. The van der Waals surface area contributed by atoms with Crippen molar-refractivity contribution in [3.05, 3.63) is 0 Å². The van der Waals surface area contributed by atoms with Gasteiger partial charge in [0, 0.05) is 0 Å². The van der Waals surface area contributed by atoms with Crippen LogP contribution in [0.3, 0.4) is 0 Å². The van der Waals surface area contributed by atoms with Crippen LogP contribution in [-0.4, -0.2) is 36.1 Å². The maximum Gasteiger partial charge on any atom is 0.326 e. The van der Waals surface area contributed by atoms with E-state index in [9.17, 15) is 4.79 Å². The summed E-state index contributed by atoms with van der Waals surface area (Å²) >= 11 is 0. The number of nitrogens with zero attached hydrogens (tertiary/aromatic N) is 1. The van der Waals surface area contributed by atoms with Gasteiger partial charge in [0.1, 0.15) is 11.1 Å². The number of likely N-dealkylation sites (N-methyl/N-ethyl adjacent to an activating group) is 1. The minimum Gasteiger partial charge on any atom is -0.458 e. The molecule has 1 rings (SSSR count). The molecule has 1 saturated carbocycles.